The van der Waals surface area contributed by atoms with Crippen molar-refractivity contribution in [2.24, 2.45) is 0 Å². The number of oxazole rings is 1. The van der Waals surface area contributed by atoms with Crippen LogP contribution in [-0.2, 0) is 4.84 Å². The van der Waals surface area contributed by atoms with Gasteiger partial charge in [0.25, 0.3) is 0 Å². The van der Waals surface area contributed by atoms with Crippen LogP contribution in [0.3, 0.4) is 0 Å². The van der Waals surface area contributed by atoms with E-state index in [2.05, 4.69) is 10.5 Å². The second-order valence-electron chi connectivity index (χ2n) is 2.75. The molecule has 4 nitrogen and oxygen atoms in total. The molecule has 0 spiro atoms. The van der Waals surface area contributed by atoms with Crippen LogP contribution in [0.15, 0.2) is 41.3 Å². The fourth-order valence-electron chi connectivity index (χ4n) is 1.18. The van der Waals surface area contributed by atoms with E-state index in [-0.39, 0.29) is 0 Å². The maximum absolute atomic E-state index is 5.16. The van der Waals surface area contributed by atoms with E-state index in [4.69, 9.17) is 9.25 Å². The van der Waals surface area contributed by atoms with Crippen LogP contribution >= 0.6 is 0 Å². The minimum absolute atomic E-state index is 0.758. The number of nitrogens with one attached hydrogen (secondary N) is 1. The molecule has 0 aliphatic rings. The molecule has 0 fully saturated rings. The zero-order chi connectivity index (χ0) is 9.80. The predicted octanol–water partition coefficient (Wildman–Crippen LogP) is 2.31. The first-order chi connectivity index (χ1) is 6.90. The van der Waals surface area contributed by atoms with Gasteiger partial charge in [0.2, 0.25) is 0 Å². The summed E-state index contributed by atoms with van der Waals surface area (Å²) in [7, 11) is 1.57. The van der Waals surface area contributed by atoms with E-state index in [9.17, 15) is 0 Å². The molecular formula is C10H10N2O2. The molecule has 0 radical (unpaired) electrons. The minimum atomic E-state index is 0.758. The first kappa shape index (κ1) is 8.77. The van der Waals surface area contributed by atoms with Crippen LogP contribution in [0, 0.1) is 0 Å². The SMILES string of the molecule is CONc1ccc(-c2cnco2)cc1. The molecule has 0 saturated carbocycles. The molecule has 0 saturated heterocycles. The number of benzene rings is 1. The summed E-state index contributed by atoms with van der Waals surface area (Å²) in [4.78, 5) is 8.62. The molecule has 2 aromatic rings. The molecule has 0 amide bonds. The van der Waals surface area contributed by atoms with Crippen molar-refractivity contribution < 1.29 is 9.25 Å². The third-order valence-corrected chi connectivity index (χ3v) is 1.82. The number of aromatic nitrogens is 1. The van der Waals surface area contributed by atoms with Gasteiger partial charge in [-0.15, -0.1) is 0 Å². The molecule has 14 heavy (non-hydrogen) atoms. The Morgan fingerprint density at radius 3 is 2.64 bits per heavy atom. The molecule has 1 aromatic heterocycles. The van der Waals surface area contributed by atoms with Crippen LogP contribution in [0.1, 0.15) is 0 Å². The number of anilines is 1. The van der Waals surface area contributed by atoms with E-state index in [0.29, 0.717) is 0 Å². The molecule has 0 atom stereocenters. The Bertz CT molecular complexity index is 381. The van der Waals surface area contributed by atoms with Crippen molar-refractivity contribution in [1.29, 1.82) is 0 Å². The number of hydrogen-bond acceptors (Lipinski definition) is 4. The van der Waals surface area contributed by atoms with Crippen LogP contribution in [0.25, 0.3) is 11.3 Å². The average molecular weight is 190 g/mol. The van der Waals surface area contributed by atoms with Crippen LogP contribution in [0.5, 0.6) is 0 Å². The van der Waals surface area contributed by atoms with Gasteiger partial charge in [0.1, 0.15) is 0 Å². The van der Waals surface area contributed by atoms with Gasteiger partial charge in [0, 0.05) is 5.56 Å². The van der Waals surface area contributed by atoms with Gasteiger partial charge >= 0.3 is 0 Å². The molecule has 0 unspecified atom stereocenters. The summed E-state index contributed by atoms with van der Waals surface area (Å²) >= 11 is 0. The summed E-state index contributed by atoms with van der Waals surface area (Å²) < 4.78 is 5.16. The summed E-state index contributed by atoms with van der Waals surface area (Å²) in [5.74, 6) is 0.758. The van der Waals surface area contributed by atoms with Gasteiger partial charge < -0.3 is 4.42 Å². The zero-order valence-corrected chi connectivity index (χ0v) is 7.73. The van der Waals surface area contributed by atoms with Gasteiger partial charge in [-0.25, -0.2) is 4.98 Å². The Balaban J connectivity index is 2.22. The van der Waals surface area contributed by atoms with Gasteiger partial charge in [-0.3, -0.25) is 10.3 Å². The second kappa shape index (κ2) is 3.93. The Kier molecular flexibility index (Phi) is 2.46. The first-order valence-corrected chi connectivity index (χ1v) is 4.18. The summed E-state index contributed by atoms with van der Waals surface area (Å²) in [5, 5.41) is 0. The van der Waals surface area contributed by atoms with E-state index >= 15 is 0 Å². The minimum Gasteiger partial charge on any atom is -0.444 e. The average Bonchev–Trinajstić information content (AvgIpc) is 2.72. The fourth-order valence-corrected chi connectivity index (χ4v) is 1.18. The van der Waals surface area contributed by atoms with Gasteiger partial charge in [-0.05, 0) is 24.3 Å². The van der Waals surface area contributed by atoms with Crippen molar-refractivity contribution in [3.63, 3.8) is 0 Å². The van der Waals surface area contributed by atoms with Crippen molar-refractivity contribution in [3.8, 4) is 11.3 Å². The molecule has 2 rings (SSSR count). The highest BCUT2D eigenvalue weighted by atomic mass is 16.6. The van der Waals surface area contributed by atoms with Crippen molar-refractivity contribution in [2.45, 2.75) is 0 Å². The van der Waals surface area contributed by atoms with Gasteiger partial charge in [0.05, 0.1) is 19.0 Å². The lowest BCUT2D eigenvalue weighted by molar-refractivity contribution is 0.271. The highest BCUT2D eigenvalue weighted by molar-refractivity contribution is 5.59. The number of rotatable bonds is 3. The molecule has 0 aliphatic carbocycles. The van der Waals surface area contributed by atoms with Gasteiger partial charge in [0.15, 0.2) is 12.2 Å². The van der Waals surface area contributed by atoms with Crippen molar-refractivity contribution in [2.75, 3.05) is 12.6 Å². The summed E-state index contributed by atoms with van der Waals surface area (Å²) in [6.45, 7) is 0. The lowest BCUT2D eigenvalue weighted by Crippen LogP contribution is -1.94. The molecule has 72 valence electrons. The second-order valence-corrected chi connectivity index (χ2v) is 2.75. The molecule has 0 aliphatic heterocycles. The Morgan fingerprint density at radius 1 is 1.29 bits per heavy atom. The van der Waals surface area contributed by atoms with E-state index in [1.807, 2.05) is 24.3 Å². The summed E-state index contributed by atoms with van der Waals surface area (Å²) in [6, 6.07) is 7.67. The number of hydrogen-bond donors (Lipinski definition) is 1. The van der Waals surface area contributed by atoms with E-state index in [1.165, 1.54) is 6.39 Å². The van der Waals surface area contributed by atoms with Crippen LogP contribution in [-0.4, -0.2) is 12.1 Å². The molecule has 4 heteroatoms. The Hall–Kier alpha value is -1.81. The lowest BCUT2D eigenvalue weighted by atomic mass is 10.2. The van der Waals surface area contributed by atoms with Crippen LogP contribution < -0.4 is 5.48 Å². The molecule has 0 bridgehead atoms. The summed E-state index contributed by atoms with van der Waals surface area (Å²) in [6.07, 6.45) is 3.09. The van der Waals surface area contributed by atoms with Crippen molar-refractivity contribution >= 4 is 5.69 Å². The van der Waals surface area contributed by atoms with Crippen LogP contribution in [0.2, 0.25) is 0 Å². The van der Waals surface area contributed by atoms with Crippen LogP contribution in [0.4, 0.5) is 5.69 Å². The molecule has 1 N–H and O–H groups in total. The van der Waals surface area contributed by atoms with E-state index in [0.717, 1.165) is 17.0 Å². The fraction of sp³-hybridized carbons (Fsp3) is 0.100. The van der Waals surface area contributed by atoms with E-state index < -0.39 is 0 Å². The van der Waals surface area contributed by atoms with Crippen molar-refractivity contribution in [3.05, 3.63) is 36.9 Å². The quantitative estimate of drug-likeness (QED) is 0.754. The zero-order valence-electron chi connectivity index (χ0n) is 7.73. The number of nitrogens with zero attached hydrogens (tertiary/aromatic N) is 1. The Morgan fingerprint density at radius 2 is 2.07 bits per heavy atom. The predicted molar refractivity (Wildman–Crippen MR) is 52.6 cm³/mol. The highest BCUT2D eigenvalue weighted by Crippen LogP contribution is 2.20. The Labute approximate surface area is 81.5 Å². The maximum atomic E-state index is 5.16. The first-order valence-electron chi connectivity index (χ1n) is 4.18. The summed E-state index contributed by atoms with van der Waals surface area (Å²) in [5.41, 5.74) is 4.62. The molecule has 1 aromatic carbocycles. The maximum Gasteiger partial charge on any atom is 0.181 e. The standard InChI is InChI=1S/C10H10N2O2/c1-13-12-9-4-2-8(3-5-9)10-6-11-7-14-10/h2-7,12H,1H3. The normalized spacial score (nSPS) is 10.1. The third-order valence-electron chi connectivity index (χ3n) is 1.82. The lowest BCUT2D eigenvalue weighted by Gasteiger charge is -2.02. The van der Waals surface area contributed by atoms with Gasteiger partial charge in [-0.1, -0.05) is 0 Å². The third kappa shape index (κ3) is 1.75. The smallest absolute Gasteiger partial charge is 0.181 e. The largest absolute Gasteiger partial charge is 0.444 e. The molecule has 1 heterocycles. The molecular weight excluding hydrogens is 180 g/mol. The highest BCUT2D eigenvalue weighted by Gasteiger charge is 2.00. The van der Waals surface area contributed by atoms with Crippen molar-refractivity contribution in [1.82, 2.24) is 4.98 Å². The monoisotopic (exact) mass is 190 g/mol. The van der Waals surface area contributed by atoms with E-state index in [1.54, 1.807) is 13.3 Å². The van der Waals surface area contributed by atoms with Gasteiger partial charge in [-0.2, -0.15) is 0 Å². The topological polar surface area (TPSA) is 47.3 Å².